The number of para-hydroxylation sites is 1. The van der Waals surface area contributed by atoms with Crippen LogP contribution in [0.2, 0.25) is 0 Å². The molecule has 0 atom stereocenters. The number of hydrogen-bond donors (Lipinski definition) is 0. The molecule has 0 spiro atoms. The van der Waals surface area contributed by atoms with Crippen molar-refractivity contribution >= 4 is 21.9 Å². The third-order valence-corrected chi connectivity index (χ3v) is 6.21. The first-order valence-electron chi connectivity index (χ1n) is 17.1. The van der Waals surface area contributed by atoms with Crippen LogP contribution in [0.4, 0.5) is 0 Å². The van der Waals surface area contributed by atoms with Crippen molar-refractivity contribution < 1.29 is 24.1 Å². The number of rotatable bonds is 3. The Labute approximate surface area is 224 Å². The summed E-state index contributed by atoms with van der Waals surface area (Å²) in [5.74, 6) is 0. The molecule has 0 saturated carbocycles. The minimum absolute atomic E-state index is 0.0827. The molecule has 0 N–H and O–H groups in total. The predicted molar refractivity (Wildman–Crippen MR) is 148 cm³/mol. The molecular weight excluding hydrogens is 426 g/mol. The highest BCUT2D eigenvalue weighted by atomic mass is 16.3. The Kier molecular flexibility index (Phi) is 3.26. The lowest BCUT2D eigenvalue weighted by molar-refractivity contribution is -0.660. The molecule has 178 valence electrons. The molecule has 0 amide bonds. The molecule has 0 aliphatic rings. The van der Waals surface area contributed by atoms with E-state index in [1.54, 1.807) is 32.4 Å². The van der Waals surface area contributed by atoms with E-state index in [1.165, 1.54) is 24.4 Å². The van der Waals surface area contributed by atoms with E-state index in [9.17, 15) is 0 Å². The van der Waals surface area contributed by atoms with Gasteiger partial charge in [0.25, 0.3) is 0 Å². The van der Waals surface area contributed by atoms with Crippen molar-refractivity contribution in [2.24, 2.45) is 12.5 Å². The molecule has 2 aromatic heterocycles. The van der Waals surface area contributed by atoms with E-state index in [4.69, 9.17) is 19.5 Å². The lowest BCUT2D eigenvalue weighted by atomic mass is 9.84. The lowest BCUT2D eigenvalue weighted by Crippen LogP contribution is -2.31. The molecule has 2 heteroatoms. The van der Waals surface area contributed by atoms with Gasteiger partial charge in [-0.15, -0.1) is 0 Å². The minimum atomic E-state index is -2.92. The molecule has 0 unspecified atom stereocenters. The van der Waals surface area contributed by atoms with Gasteiger partial charge in [0.15, 0.2) is 6.20 Å². The van der Waals surface area contributed by atoms with Crippen molar-refractivity contribution in [2.75, 3.05) is 0 Å². The van der Waals surface area contributed by atoms with Crippen LogP contribution in [0.15, 0.2) is 65.2 Å². The second-order valence-electron chi connectivity index (χ2n) is 10.2. The second kappa shape index (κ2) is 8.37. The quantitative estimate of drug-likeness (QED) is 0.240. The zero-order valence-electron chi connectivity index (χ0n) is 31.6. The van der Waals surface area contributed by atoms with Crippen molar-refractivity contribution in [3.63, 3.8) is 0 Å². The zero-order valence-corrected chi connectivity index (χ0v) is 20.6. The van der Waals surface area contributed by atoms with Crippen molar-refractivity contribution in [1.29, 1.82) is 0 Å². The Balaban J connectivity index is 1.97. The summed E-state index contributed by atoms with van der Waals surface area (Å²) in [7, 11) is 1.67. The molecule has 0 saturated heterocycles. The lowest BCUT2D eigenvalue weighted by Gasteiger charge is -2.21. The fraction of sp³-hybridized carbons (Fsp3) is 0.303. The second-order valence-corrected chi connectivity index (χ2v) is 10.2. The molecule has 2 nitrogen and oxygen atoms in total. The van der Waals surface area contributed by atoms with E-state index in [-0.39, 0.29) is 22.3 Å². The molecule has 5 rings (SSSR count). The molecule has 0 fully saturated rings. The molecule has 0 aliphatic heterocycles. The van der Waals surface area contributed by atoms with Gasteiger partial charge in [0.1, 0.15) is 18.2 Å². The number of benzene rings is 3. The highest BCUT2D eigenvalue weighted by Gasteiger charge is 2.24. The van der Waals surface area contributed by atoms with E-state index in [2.05, 4.69) is 0 Å². The number of aromatic nitrogens is 1. The highest BCUT2D eigenvalue weighted by molar-refractivity contribution is 6.09. The topological polar surface area (TPSA) is 17.0 Å². The largest absolute Gasteiger partial charge is 0.455 e. The monoisotopic (exact) mass is 473 g/mol. The molecule has 35 heavy (non-hydrogen) atoms. The van der Waals surface area contributed by atoms with Gasteiger partial charge in [-0.05, 0) is 78.7 Å². The average molecular weight is 474 g/mol. The van der Waals surface area contributed by atoms with Gasteiger partial charge in [-0.1, -0.05) is 63.2 Å². The predicted octanol–water partition coefficient (Wildman–Crippen LogP) is 8.57. The normalized spacial score (nSPS) is 18.3. The first kappa shape index (κ1) is 13.6. The van der Waals surface area contributed by atoms with Crippen LogP contribution < -0.4 is 4.57 Å². The molecule has 5 aromatic rings. The summed E-state index contributed by atoms with van der Waals surface area (Å²) in [6.45, 7) is -1.80. The third kappa shape index (κ3) is 4.16. The third-order valence-electron chi connectivity index (χ3n) is 6.21. The highest BCUT2D eigenvalue weighted by Crippen LogP contribution is 2.39. The van der Waals surface area contributed by atoms with Crippen LogP contribution in [-0.2, 0) is 13.4 Å². The Morgan fingerprint density at radius 1 is 0.857 bits per heavy atom. The van der Waals surface area contributed by atoms with Crippen LogP contribution >= 0.6 is 0 Å². The number of hydrogen-bond acceptors (Lipinski definition) is 1. The number of aryl methyl sites for hydroxylation is 5. The van der Waals surface area contributed by atoms with Gasteiger partial charge in [0.2, 0.25) is 5.69 Å². The van der Waals surface area contributed by atoms with Crippen LogP contribution in [0.1, 0.15) is 63.7 Å². The van der Waals surface area contributed by atoms with E-state index in [1.807, 2.05) is 43.3 Å². The molecular formula is C33H36NO+. The number of pyridine rings is 1. The van der Waals surface area contributed by atoms with Gasteiger partial charge in [-0.25, -0.2) is 4.57 Å². The first-order chi connectivity index (χ1) is 20.9. The maximum absolute atomic E-state index is 8.85. The summed E-state index contributed by atoms with van der Waals surface area (Å²) in [5, 5.41) is 1.72. The molecule has 0 radical (unpaired) electrons. The van der Waals surface area contributed by atoms with E-state index in [0.717, 1.165) is 16.3 Å². The van der Waals surface area contributed by atoms with E-state index < -0.39 is 43.5 Å². The standard InChI is InChI=1S/C33H36NO/c1-20-13-14-26-25-11-9-10-12-29(25)35-32(26)31(20)28-17-27(23(4)19-34(28)8)30-21(2)15-24(16-22(30)3)18-33(5,6)7/h9-17,19H,18H2,1-8H3/q+1/i2D3,3D3,4D3,18D2. The zero-order chi connectivity index (χ0) is 34.4. The fourth-order valence-electron chi connectivity index (χ4n) is 4.75. The Morgan fingerprint density at radius 3 is 2.26 bits per heavy atom. The first-order valence-corrected chi connectivity index (χ1v) is 11.6. The SMILES string of the molecule is [2H]C([2H])([2H])c1c[n+](C)c(-c2c(C)ccc3c2oc2ccccc23)cc1-c1c(C([2H])([2H])[2H])cc(C([2H])([2H])C(C)(C)C)cc1C([2H])([2H])[2H]. The van der Waals surface area contributed by atoms with Gasteiger partial charge >= 0.3 is 0 Å². The Hall–Kier alpha value is -3.39. The van der Waals surface area contributed by atoms with Gasteiger partial charge in [0.05, 0.1) is 5.56 Å². The van der Waals surface area contributed by atoms with Gasteiger partial charge in [-0.2, -0.15) is 0 Å². The van der Waals surface area contributed by atoms with Crippen LogP contribution in [-0.4, -0.2) is 0 Å². The van der Waals surface area contributed by atoms with Crippen molar-refractivity contribution in [3.8, 4) is 22.4 Å². The molecule has 0 bridgehead atoms. The number of fused-ring (bicyclic) bond motifs is 3. The summed E-state index contributed by atoms with van der Waals surface area (Å²) >= 11 is 0. The summed E-state index contributed by atoms with van der Waals surface area (Å²) in [5.41, 5.74) is 0.528. The van der Waals surface area contributed by atoms with Crippen LogP contribution in [0, 0.1) is 32.9 Å². The molecule has 3 aromatic carbocycles. The van der Waals surface area contributed by atoms with Crippen LogP contribution in [0.3, 0.4) is 0 Å². The summed E-state index contributed by atoms with van der Waals surface area (Å²) in [4.78, 5) is 0. The van der Waals surface area contributed by atoms with Gasteiger partial charge in [-0.3, -0.25) is 0 Å². The smallest absolute Gasteiger partial charge is 0.216 e. The Bertz CT molecular complexity index is 1950. The minimum Gasteiger partial charge on any atom is -0.455 e. The molecule has 0 aliphatic carbocycles. The van der Waals surface area contributed by atoms with Crippen LogP contribution in [0.25, 0.3) is 44.3 Å². The van der Waals surface area contributed by atoms with Crippen molar-refractivity contribution in [3.05, 3.63) is 88.6 Å². The van der Waals surface area contributed by atoms with Crippen LogP contribution in [0.5, 0.6) is 0 Å². The van der Waals surface area contributed by atoms with Gasteiger partial charge < -0.3 is 4.42 Å². The number of nitrogens with zero attached hydrogens (tertiary/aromatic N) is 1. The summed E-state index contributed by atoms with van der Waals surface area (Å²) in [6.07, 6.45) is -0.742. The van der Waals surface area contributed by atoms with Crippen molar-refractivity contribution in [2.45, 2.75) is 54.6 Å². The number of furan rings is 1. The summed E-state index contributed by atoms with van der Waals surface area (Å²) < 4.78 is 102. The van der Waals surface area contributed by atoms with Crippen molar-refractivity contribution in [1.82, 2.24) is 0 Å². The maximum Gasteiger partial charge on any atom is 0.216 e. The van der Waals surface area contributed by atoms with E-state index in [0.29, 0.717) is 22.4 Å². The molecule has 2 heterocycles. The maximum atomic E-state index is 8.85. The average Bonchev–Trinajstić information content (AvgIpc) is 3.29. The Morgan fingerprint density at radius 2 is 1.57 bits per heavy atom. The summed E-state index contributed by atoms with van der Waals surface area (Å²) in [6, 6.07) is 15.3. The van der Waals surface area contributed by atoms with E-state index >= 15 is 0 Å². The fourth-order valence-corrected chi connectivity index (χ4v) is 4.75. The van der Waals surface area contributed by atoms with Gasteiger partial charge in [0, 0.05) is 37.5 Å².